The molecule has 0 aromatic carbocycles. The first-order chi connectivity index (χ1) is 9.61. The Morgan fingerprint density at radius 3 is 2.95 bits per heavy atom. The van der Waals surface area contributed by atoms with Gasteiger partial charge in [0.1, 0.15) is 5.92 Å². The van der Waals surface area contributed by atoms with E-state index in [1.807, 2.05) is 6.07 Å². The number of ketones is 1. The number of methoxy groups -OCH3 is 1. The molecule has 0 saturated carbocycles. The molecule has 1 aromatic heterocycles. The summed E-state index contributed by atoms with van der Waals surface area (Å²) in [6.45, 7) is 0.454. The van der Waals surface area contributed by atoms with Crippen molar-refractivity contribution < 1.29 is 19.1 Å². The second kappa shape index (κ2) is 6.27. The second-order valence-electron chi connectivity index (χ2n) is 4.67. The van der Waals surface area contributed by atoms with E-state index in [9.17, 15) is 14.4 Å². The van der Waals surface area contributed by atoms with Crippen molar-refractivity contribution in [1.29, 1.82) is 0 Å². The van der Waals surface area contributed by atoms with E-state index in [4.69, 9.17) is 0 Å². The number of pyridine rings is 1. The summed E-state index contributed by atoms with van der Waals surface area (Å²) in [7, 11) is 1.24. The number of carbonyl (C=O) groups is 3. The van der Waals surface area contributed by atoms with Crippen LogP contribution in [0.15, 0.2) is 24.5 Å². The lowest BCUT2D eigenvalue weighted by Gasteiger charge is -2.30. The lowest BCUT2D eigenvalue weighted by molar-refractivity contribution is -0.153. The molecule has 1 unspecified atom stereocenters. The minimum atomic E-state index is -0.855. The number of amides is 1. The molecule has 0 spiro atoms. The Kier molecular flexibility index (Phi) is 4.45. The average molecular weight is 276 g/mol. The van der Waals surface area contributed by atoms with Gasteiger partial charge in [-0.15, -0.1) is 0 Å². The fourth-order valence-electron chi connectivity index (χ4n) is 2.20. The van der Waals surface area contributed by atoms with Gasteiger partial charge >= 0.3 is 5.97 Å². The fourth-order valence-corrected chi connectivity index (χ4v) is 2.20. The number of piperidine rings is 1. The largest absolute Gasteiger partial charge is 0.468 e. The molecule has 1 aromatic rings. The molecule has 0 radical (unpaired) electrons. The average Bonchev–Trinajstić information content (AvgIpc) is 2.48. The molecule has 6 nitrogen and oxygen atoms in total. The molecule has 0 bridgehead atoms. The van der Waals surface area contributed by atoms with Crippen molar-refractivity contribution in [3.63, 3.8) is 0 Å². The smallest absolute Gasteiger partial charge is 0.318 e. The molecule has 0 N–H and O–H groups in total. The summed E-state index contributed by atoms with van der Waals surface area (Å²) in [5.74, 6) is -1.71. The van der Waals surface area contributed by atoms with Gasteiger partial charge in [-0.3, -0.25) is 19.4 Å². The van der Waals surface area contributed by atoms with E-state index in [0.717, 1.165) is 5.56 Å². The van der Waals surface area contributed by atoms with E-state index < -0.39 is 11.9 Å². The zero-order chi connectivity index (χ0) is 14.5. The molecule has 1 amide bonds. The van der Waals surface area contributed by atoms with Crippen molar-refractivity contribution in [1.82, 2.24) is 9.88 Å². The summed E-state index contributed by atoms with van der Waals surface area (Å²) >= 11 is 0. The Hall–Kier alpha value is -2.24. The summed E-state index contributed by atoms with van der Waals surface area (Å²) in [6.07, 6.45) is 3.68. The highest BCUT2D eigenvalue weighted by Gasteiger charge is 2.35. The van der Waals surface area contributed by atoms with Crippen molar-refractivity contribution in [2.24, 2.45) is 5.92 Å². The van der Waals surface area contributed by atoms with Gasteiger partial charge in [-0.25, -0.2) is 0 Å². The van der Waals surface area contributed by atoms with Crippen LogP contribution in [0.25, 0.3) is 0 Å². The van der Waals surface area contributed by atoms with Crippen LogP contribution in [0.5, 0.6) is 0 Å². The Balaban J connectivity index is 2.00. The number of rotatable bonds is 3. The van der Waals surface area contributed by atoms with Gasteiger partial charge < -0.3 is 9.64 Å². The van der Waals surface area contributed by atoms with Crippen LogP contribution >= 0.6 is 0 Å². The van der Waals surface area contributed by atoms with Gasteiger partial charge in [0.05, 0.1) is 13.5 Å². The van der Waals surface area contributed by atoms with Gasteiger partial charge in [-0.2, -0.15) is 0 Å². The van der Waals surface area contributed by atoms with Gasteiger partial charge in [0, 0.05) is 31.9 Å². The molecule has 1 atom stereocenters. The first-order valence-corrected chi connectivity index (χ1v) is 6.39. The number of esters is 1. The van der Waals surface area contributed by atoms with Gasteiger partial charge in [0.15, 0.2) is 5.78 Å². The zero-order valence-electron chi connectivity index (χ0n) is 11.2. The number of Topliss-reactive ketones (excluding diaryl/α,β-unsaturated/α-hetero) is 1. The topological polar surface area (TPSA) is 76.6 Å². The molecule has 106 valence electrons. The van der Waals surface area contributed by atoms with E-state index >= 15 is 0 Å². The monoisotopic (exact) mass is 276 g/mol. The summed E-state index contributed by atoms with van der Waals surface area (Å²) in [4.78, 5) is 40.8. The van der Waals surface area contributed by atoms with Crippen LogP contribution in [0, 0.1) is 5.92 Å². The van der Waals surface area contributed by atoms with Gasteiger partial charge in [0.25, 0.3) is 0 Å². The number of nitrogens with zero attached hydrogens (tertiary/aromatic N) is 2. The number of likely N-dealkylation sites (tertiary alicyclic amines) is 1. The number of carbonyl (C=O) groups excluding carboxylic acids is 3. The molecule has 2 rings (SSSR count). The normalized spacial score (nSPS) is 18.8. The maximum Gasteiger partial charge on any atom is 0.318 e. The van der Waals surface area contributed by atoms with E-state index in [1.165, 1.54) is 12.0 Å². The number of hydrogen-bond acceptors (Lipinski definition) is 5. The van der Waals surface area contributed by atoms with Crippen LogP contribution in [0.3, 0.4) is 0 Å². The van der Waals surface area contributed by atoms with Crippen molar-refractivity contribution in [2.45, 2.75) is 12.8 Å². The molecular weight excluding hydrogens is 260 g/mol. The molecule has 1 fully saturated rings. The van der Waals surface area contributed by atoms with E-state index in [2.05, 4.69) is 9.72 Å². The quantitative estimate of drug-likeness (QED) is 0.583. The third-order valence-electron chi connectivity index (χ3n) is 3.34. The third-order valence-corrected chi connectivity index (χ3v) is 3.34. The van der Waals surface area contributed by atoms with Crippen LogP contribution in [0.1, 0.15) is 12.0 Å². The van der Waals surface area contributed by atoms with Crippen molar-refractivity contribution >= 4 is 17.7 Å². The van der Waals surface area contributed by atoms with Crippen LogP contribution in [0.4, 0.5) is 0 Å². The van der Waals surface area contributed by atoms with Crippen LogP contribution in [-0.2, 0) is 25.5 Å². The second-order valence-corrected chi connectivity index (χ2v) is 4.67. The zero-order valence-corrected chi connectivity index (χ0v) is 11.2. The Morgan fingerprint density at radius 2 is 2.30 bits per heavy atom. The maximum absolute atomic E-state index is 12.2. The molecule has 1 aliphatic heterocycles. The first kappa shape index (κ1) is 14.2. The van der Waals surface area contributed by atoms with E-state index in [-0.39, 0.29) is 31.1 Å². The summed E-state index contributed by atoms with van der Waals surface area (Å²) in [5.41, 5.74) is 0.809. The highest BCUT2D eigenvalue weighted by atomic mass is 16.5. The van der Waals surface area contributed by atoms with Crippen molar-refractivity contribution in [3.8, 4) is 0 Å². The molecule has 1 saturated heterocycles. The first-order valence-electron chi connectivity index (χ1n) is 6.39. The standard InChI is InChI=1S/C14H16N2O4/c1-20-14(19)11-9-16(6-4-12(11)17)13(18)7-10-3-2-5-15-8-10/h2-3,5,8,11H,4,6-7,9H2,1H3. The molecular formula is C14H16N2O4. The lowest BCUT2D eigenvalue weighted by atomic mass is 9.96. The third kappa shape index (κ3) is 3.20. The van der Waals surface area contributed by atoms with Gasteiger partial charge in [0.2, 0.25) is 5.91 Å². The van der Waals surface area contributed by atoms with E-state index in [1.54, 1.807) is 18.5 Å². The fraction of sp³-hybridized carbons (Fsp3) is 0.429. The number of ether oxygens (including phenoxy) is 1. The highest BCUT2D eigenvalue weighted by molar-refractivity contribution is 6.00. The van der Waals surface area contributed by atoms with Gasteiger partial charge in [-0.05, 0) is 11.6 Å². The van der Waals surface area contributed by atoms with Gasteiger partial charge in [-0.1, -0.05) is 6.07 Å². The Bertz CT molecular complexity index is 507. The SMILES string of the molecule is COC(=O)C1CN(C(=O)Cc2cccnc2)CCC1=O. The predicted octanol–water partition coefficient (Wildman–Crippen LogP) is 0.215. The maximum atomic E-state index is 12.2. The van der Waals surface area contributed by atoms with Crippen molar-refractivity contribution in [3.05, 3.63) is 30.1 Å². The lowest BCUT2D eigenvalue weighted by Crippen LogP contribution is -2.47. The summed E-state index contributed by atoms with van der Waals surface area (Å²) in [6, 6.07) is 3.58. The van der Waals surface area contributed by atoms with E-state index in [0.29, 0.717) is 6.54 Å². The van der Waals surface area contributed by atoms with Crippen LogP contribution in [-0.4, -0.2) is 47.7 Å². The van der Waals surface area contributed by atoms with Crippen LogP contribution < -0.4 is 0 Å². The Labute approximate surface area is 116 Å². The Morgan fingerprint density at radius 1 is 1.50 bits per heavy atom. The number of hydrogen-bond donors (Lipinski definition) is 0. The minimum absolute atomic E-state index is 0.102. The van der Waals surface area contributed by atoms with Crippen molar-refractivity contribution in [2.75, 3.05) is 20.2 Å². The molecule has 1 aliphatic rings. The van der Waals surface area contributed by atoms with Crippen LogP contribution in [0.2, 0.25) is 0 Å². The summed E-state index contributed by atoms with van der Waals surface area (Å²) < 4.78 is 4.60. The molecule has 0 aliphatic carbocycles. The molecule has 2 heterocycles. The molecule has 20 heavy (non-hydrogen) atoms. The predicted molar refractivity (Wildman–Crippen MR) is 69.7 cm³/mol. The molecule has 6 heteroatoms. The minimum Gasteiger partial charge on any atom is -0.468 e. The highest BCUT2D eigenvalue weighted by Crippen LogP contribution is 2.15. The number of aromatic nitrogens is 1. The summed E-state index contributed by atoms with van der Waals surface area (Å²) in [5, 5.41) is 0.